The van der Waals surface area contributed by atoms with Gasteiger partial charge in [0.2, 0.25) is 0 Å². The number of carbonyl (C=O) groups is 4. The van der Waals surface area contributed by atoms with Gasteiger partial charge in [0.1, 0.15) is 92.6 Å². The van der Waals surface area contributed by atoms with Crippen molar-refractivity contribution in [3.63, 3.8) is 0 Å². The largest absolute Gasteiger partial charge is 0.472 e. The number of hydrogen-bond acceptors (Lipinski definition) is 24. The first-order valence-corrected chi connectivity index (χ1v) is 49.8. The third-order valence-corrected chi connectivity index (χ3v) is 24.9. The number of allylic oxidation sites excluding steroid dienone is 2. The molecule has 26 heteroatoms. The Labute approximate surface area is 718 Å². The molecule has 0 radical (unpaired) electrons. The van der Waals surface area contributed by atoms with E-state index in [1.807, 2.05) is 0 Å². The van der Waals surface area contributed by atoms with Gasteiger partial charge in [0.15, 0.2) is 24.8 Å². The van der Waals surface area contributed by atoms with Crippen LogP contribution < -0.4 is 0 Å². The fraction of sp³-hybridized carbons (Fsp3) is 0.935. The minimum absolute atomic E-state index is 0.00458. The van der Waals surface area contributed by atoms with E-state index in [0.29, 0.717) is 44.4 Å². The van der Waals surface area contributed by atoms with E-state index >= 15 is 0 Å². The highest BCUT2D eigenvalue weighted by Gasteiger charge is 2.60. The van der Waals surface area contributed by atoms with Crippen LogP contribution in [0.15, 0.2) is 12.2 Å². The van der Waals surface area contributed by atoms with Crippen molar-refractivity contribution in [3.05, 3.63) is 12.2 Å². The van der Waals surface area contributed by atoms with Crippen LogP contribution in [0, 0.1) is 5.92 Å². The van der Waals surface area contributed by atoms with E-state index < -0.39 is 162 Å². The van der Waals surface area contributed by atoms with Crippen LogP contribution in [0.25, 0.3) is 0 Å². The monoisotopic (exact) mass is 1720 g/mol. The second kappa shape index (κ2) is 71.3. The van der Waals surface area contributed by atoms with Gasteiger partial charge >= 0.3 is 31.7 Å². The topological polar surface area (TPSA) is 380 Å². The van der Waals surface area contributed by atoms with Crippen LogP contribution in [-0.4, -0.2) is 205 Å². The minimum atomic E-state index is -5.81. The highest BCUT2D eigenvalue weighted by atomic mass is 31.2. The molecule has 1 saturated carbocycles. The lowest BCUT2D eigenvalue weighted by molar-refractivity contribution is -0.360. The maximum Gasteiger partial charge on any atom is 0.472 e. The summed E-state index contributed by atoms with van der Waals surface area (Å²) < 4.78 is 73.5. The van der Waals surface area contributed by atoms with Crippen molar-refractivity contribution in [1.82, 2.24) is 0 Å². The third-order valence-electron chi connectivity index (χ3n) is 23.9. The van der Waals surface area contributed by atoms with Crippen molar-refractivity contribution in [2.75, 3.05) is 26.4 Å². The standard InChI is InChI=1S/C93H173O25P/c1-6-10-14-18-22-25-28-31-33-35-38-41-44-47-55-61-67-79(98)115-88-84(103)85(104)89(116-92-86(105)82(101)80(99)74(68-94)113-92)91(90(88)117-93-87(106)83(102)81(100)75(114-93)71-110-77(96)65-59-52-45-42-39-36-30-27-24-20-16-12-8-3)118-119(107,108)111-70-73(112-78(97)66-60-54-46-43-40-37-34-32-29-26-23-19-15-11-7-2)69-109-76(95)64-58-53-49-48-51-57-63-72(5)62-56-50-21-17-13-9-4/h36,39,72-75,80-94,99-106H,6-35,37-38,40-71H2,1-5H3,(H,107,108)/b39-36-. The van der Waals surface area contributed by atoms with Gasteiger partial charge in [0.25, 0.3) is 0 Å². The number of phosphoric acid groups is 1. The quantitative estimate of drug-likeness (QED) is 0.00889. The van der Waals surface area contributed by atoms with Crippen LogP contribution in [0.1, 0.15) is 420 Å². The van der Waals surface area contributed by atoms with Crippen LogP contribution in [0.2, 0.25) is 0 Å². The van der Waals surface area contributed by atoms with Crippen LogP contribution >= 0.6 is 7.82 Å². The molecular weight excluding hydrogens is 1550 g/mol. The van der Waals surface area contributed by atoms with E-state index in [-0.39, 0.29) is 25.7 Å². The lowest BCUT2D eigenvalue weighted by Crippen LogP contribution is -2.70. The van der Waals surface area contributed by atoms with Crippen molar-refractivity contribution < 1.29 is 122 Å². The molecule has 2 saturated heterocycles. The van der Waals surface area contributed by atoms with Gasteiger partial charge in [-0.3, -0.25) is 28.2 Å². The highest BCUT2D eigenvalue weighted by Crippen LogP contribution is 2.49. The van der Waals surface area contributed by atoms with Crippen molar-refractivity contribution >= 4 is 31.7 Å². The summed E-state index contributed by atoms with van der Waals surface area (Å²) in [6, 6.07) is 0. The van der Waals surface area contributed by atoms with Crippen molar-refractivity contribution in [2.45, 2.75) is 524 Å². The first kappa shape index (κ1) is 110. The van der Waals surface area contributed by atoms with Gasteiger partial charge in [-0.1, -0.05) is 355 Å². The van der Waals surface area contributed by atoms with Crippen LogP contribution in [0.5, 0.6) is 0 Å². The lowest BCUT2D eigenvalue weighted by atomic mass is 9.84. The van der Waals surface area contributed by atoms with E-state index in [2.05, 4.69) is 46.8 Å². The molecule has 0 aromatic heterocycles. The molecule has 25 nitrogen and oxygen atoms in total. The molecule has 19 atom stereocenters. The van der Waals surface area contributed by atoms with E-state index in [9.17, 15) is 74.6 Å². The van der Waals surface area contributed by atoms with Gasteiger partial charge in [0, 0.05) is 25.7 Å². The Hall–Kier alpha value is -2.79. The van der Waals surface area contributed by atoms with Gasteiger partial charge in [-0.25, -0.2) is 4.57 Å². The summed E-state index contributed by atoms with van der Waals surface area (Å²) >= 11 is 0. The molecular formula is C93H173O25P. The Morgan fingerprint density at radius 1 is 0.353 bits per heavy atom. The fourth-order valence-corrected chi connectivity index (χ4v) is 17.1. The Bertz CT molecular complexity index is 2530. The third kappa shape index (κ3) is 51.6. The minimum Gasteiger partial charge on any atom is -0.463 e. The predicted octanol–water partition coefficient (Wildman–Crippen LogP) is 18.2. The second-order valence-electron chi connectivity index (χ2n) is 34.9. The Morgan fingerprint density at radius 3 is 1.09 bits per heavy atom. The van der Waals surface area contributed by atoms with Gasteiger partial charge < -0.3 is 88.7 Å². The van der Waals surface area contributed by atoms with E-state index in [1.165, 1.54) is 199 Å². The average molecular weight is 1720 g/mol. The molecule has 3 aliphatic rings. The van der Waals surface area contributed by atoms with Gasteiger partial charge in [-0.15, -0.1) is 0 Å². The molecule has 0 bridgehead atoms. The number of aliphatic hydroxyl groups excluding tert-OH is 9. The molecule has 0 aromatic rings. The summed E-state index contributed by atoms with van der Waals surface area (Å²) in [5, 5.41) is 102. The normalized spacial score (nSPS) is 25.1. The van der Waals surface area contributed by atoms with Crippen molar-refractivity contribution in [2.24, 2.45) is 5.92 Å². The fourth-order valence-electron chi connectivity index (χ4n) is 16.1. The summed E-state index contributed by atoms with van der Waals surface area (Å²) in [6.45, 7) is 7.95. The van der Waals surface area contributed by atoms with Gasteiger partial charge in [-0.2, -0.15) is 0 Å². The molecule has 10 N–H and O–H groups in total. The molecule has 2 heterocycles. The Balaban J connectivity index is 1.92. The van der Waals surface area contributed by atoms with E-state index in [0.717, 1.165) is 122 Å². The zero-order valence-corrected chi connectivity index (χ0v) is 75.7. The van der Waals surface area contributed by atoms with Gasteiger partial charge in [-0.05, 0) is 57.3 Å². The number of phosphoric ester groups is 1. The molecule has 119 heavy (non-hydrogen) atoms. The number of aliphatic hydroxyl groups is 9. The lowest BCUT2D eigenvalue weighted by Gasteiger charge is -2.50. The Kier molecular flexibility index (Phi) is 66.1. The molecule has 3 fully saturated rings. The Morgan fingerprint density at radius 2 is 0.681 bits per heavy atom. The molecule has 0 spiro atoms. The number of ether oxygens (including phenoxy) is 8. The number of unbranched alkanes of at least 4 members (excludes halogenated alkanes) is 48. The smallest absolute Gasteiger partial charge is 0.463 e. The zero-order valence-electron chi connectivity index (χ0n) is 74.8. The van der Waals surface area contributed by atoms with Crippen molar-refractivity contribution in [3.8, 4) is 0 Å². The number of rotatable bonds is 78. The number of carbonyl (C=O) groups excluding carboxylic acids is 4. The van der Waals surface area contributed by atoms with E-state index in [4.69, 9.17) is 46.9 Å². The molecule has 700 valence electrons. The first-order chi connectivity index (χ1) is 57.6. The SMILES string of the molecule is CCCCCCCC/C=C\CCCCCC(=O)OCC1OC(OC2C(OC(=O)CCCCCCCCCCCCCCCCCC)C(O)C(O)C(OC3OC(CO)C(O)C(O)C3O)C2OP(=O)(O)OCC(COC(=O)CCCCCCCCC(C)CCCCCCCC)OC(=O)CCCCCCCCCCCCCCCCC)C(O)C(O)C1O. The summed E-state index contributed by atoms with van der Waals surface area (Å²) in [7, 11) is -5.81. The van der Waals surface area contributed by atoms with Crippen LogP contribution in [-0.2, 0) is 70.7 Å². The average Bonchev–Trinajstić information content (AvgIpc) is 0.754. The summed E-state index contributed by atoms with van der Waals surface area (Å²) in [5.41, 5.74) is 0. The summed E-state index contributed by atoms with van der Waals surface area (Å²) in [4.78, 5) is 66.6. The maximum atomic E-state index is 14.9. The van der Waals surface area contributed by atoms with Crippen LogP contribution in [0.4, 0.5) is 0 Å². The first-order valence-electron chi connectivity index (χ1n) is 48.3. The molecule has 2 aliphatic heterocycles. The zero-order chi connectivity index (χ0) is 86.9. The molecule has 0 amide bonds. The summed E-state index contributed by atoms with van der Waals surface area (Å²) in [5.74, 6) is -2.28. The van der Waals surface area contributed by atoms with E-state index in [1.54, 1.807) is 0 Å². The molecule has 19 unspecified atom stereocenters. The predicted molar refractivity (Wildman–Crippen MR) is 463 cm³/mol. The highest BCUT2D eigenvalue weighted by molar-refractivity contribution is 7.47. The summed E-state index contributed by atoms with van der Waals surface area (Å²) in [6.07, 6.45) is 29.1. The van der Waals surface area contributed by atoms with Crippen LogP contribution in [0.3, 0.4) is 0 Å². The molecule has 1 aliphatic carbocycles. The molecule has 3 rings (SSSR count). The molecule has 0 aromatic carbocycles. The van der Waals surface area contributed by atoms with Crippen molar-refractivity contribution in [1.29, 1.82) is 0 Å². The van der Waals surface area contributed by atoms with Gasteiger partial charge in [0.05, 0.1) is 13.2 Å². The second-order valence-corrected chi connectivity index (χ2v) is 36.3. The number of esters is 4. The number of hydrogen-bond donors (Lipinski definition) is 10. The maximum absolute atomic E-state index is 14.9.